The Bertz CT molecular complexity index is 375. The predicted octanol–water partition coefficient (Wildman–Crippen LogP) is 1.88. The minimum absolute atomic E-state index is 0.0871. The van der Waals surface area contributed by atoms with Crippen molar-refractivity contribution in [2.24, 2.45) is 0 Å². The summed E-state index contributed by atoms with van der Waals surface area (Å²) in [6.45, 7) is 3.86. The molecule has 1 aromatic rings. The SMILES string of the molecule is CNc1ccc(C(=O)NC(C)C)cc1OC. The van der Waals surface area contributed by atoms with Crippen molar-refractivity contribution < 1.29 is 9.53 Å². The normalized spacial score (nSPS) is 10.1. The maximum atomic E-state index is 11.7. The van der Waals surface area contributed by atoms with Gasteiger partial charge in [-0.05, 0) is 32.0 Å². The first-order chi connectivity index (χ1) is 7.58. The zero-order chi connectivity index (χ0) is 12.1. The first-order valence-electron chi connectivity index (χ1n) is 5.25. The number of benzene rings is 1. The van der Waals surface area contributed by atoms with Gasteiger partial charge >= 0.3 is 0 Å². The second-order valence-corrected chi connectivity index (χ2v) is 3.79. The van der Waals surface area contributed by atoms with E-state index in [-0.39, 0.29) is 11.9 Å². The average molecular weight is 222 g/mol. The highest BCUT2D eigenvalue weighted by molar-refractivity contribution is 5.95. The fourth-order valence-electron chi connectivity index (χ4n) is 1.38. The van der Waals surface area contributed by atoms with Gasteiger partial charge in [0.15, 0.2) is 0 Å². The monoisotopic (exact) mass is 222 g/mol. The standard InChI is InChI=1S/C12H18N2O2/c1-8(2)14-12(15)9-5-6-10(13-3)11(7-9)16-4/h5-8,13H,1-4H3,(H,14,15). The third-order valence-electron chi connectivity index (χ3n) is 2.15. The minimum Gasteiger partial charge on any atom is -0.495 e. The summed E-state index contributed by atoms with van der Waals surface area (Å²) < 4.78 is 5.19. The van der Waals surface area contributed by atoms with Crippen LogP contribution in [-0.2, 0) is 0 Å². The molecule has 0 fully saturated rings. The molecule has 0 radical (unpaired) electrons. The highest BCUT2D eigenvalue weighted by Crippen LogP contribution is 2.24. The molecule has 0 bridgehead atoms. The molecular formula is C12H18N2O2. The van der Waals surface area contributed by atoms with Crippen molar-refractivity contribution in [2.75, 3.05) is 19.5 Å². The first kappa shape index (κ1) is 12.4. The third kappa shape index (κ3) is 2.89. The van der Waals surface area contributed by atoms with Crippen LogP contribution in [-0.4, -0.2) is 26.1 Å². The molecule has 1 rings (SSSR count). The second kappa shape index (κ2) is 5.39. The minimum atomic E-state index is -0.0871. The lowest BCUT2D eigenvalue weighted by Gasteiger charge is -2.11. The van der Waals surface area contributed by atoms with Crippen molar-refractivity contribution in [1.82, 2.24) is 5.32 Å². The first-order valence-corrected chi connectivity index (χ1v) is 5.25. The molecule has 0 aliphatic rings. The number of nitrogens with one attached hydrogen (secondary N) is 2. The number of carbonyl (C=O) groups is 1. The van der Waals surface area contributed by atoms with Crippen molar-refractivity contribution in [3.8, 4) is 5.75 Å². The lowest BCUT2D eigenvalue weighted by Crippen LogP contribution is -2.30. The average Bonchev–Trinajstić information content (AvgIpc) is 2.27. The molecule has 0 aliphatic heterocycles. The topological polar surface area (TPSA) is 50.4 Å². The van der Waals surface area contributed by atoms with Crippen LogP contribution in [0.4, 0.5) is 5.69 Å². The summed E-state index contributed by atoms with van der Waals surface area (Å²) in [4.78, 5) is 11.7. The Hall–Kier alpha value is -1.71. The second-order valence-electron chi connectivity index (χ2n) is 3.79. The van der Waals surface area contributed by atoms with Crippen molar-refractivity contribution in [2.45, 2.75) is 19.9 Å². The van der Waals surface area contributed by atoms with Crippen LogP contribution in [0, 0.1) is 0 Å². The van der Waals surface area contributed by atoms with E-state index in [4.69, 9.17) is 4.74 Å². The van der Waals surface area contributed by atoms with Crippen LogP contribution in [0.5, 0.6) is 5.75 Å². The van der Waals surface area contributed by atoms with E-state index in [1.54, 1.807) is 19.2 Å². The Morgan fingerprint density at radius 3 is 2.56 bits per heavy atom. The van der Waals surface area contributed by atoms with Gasteiger partial charge in [0, 0.05) is 18.7 Å². The third-order valence-corrected chi connectivity index (χ3v) is 2.15. The molecule has 0 aliphatic carbocycles. The summed E-state index contributed by atoms with van der Waals surface area (Å²) >= 11 is 0. The molecule has 0 saturated heterocycles. The van der Waals surface area contributed by atoms with Gasteiger partial charge in [-0.15, -0.1) is 0 Å². The van der Waals surface area contributed by atoms with E-state index in [9.17, 15) is 4.79 Å². The zero-order valence-electron chi connectivity index (χ0n) is 10.1. The van der Waals surface area contributed by atoms with Gasteiger partial charge in [0.2, 0.25) is 0 Å². The van der Waals surface area contributed by atoms with Gasteiger partial charge in [0.25, 0.3) is 5.91 Å². The molecule has 1 amide bonds. The number of carbonyl (C=O) groups excluding carboxylic acids is 1. The Labute approximate surface area is 96.0 Å². The van der Waals surface area contributed by atoms with Gasteiger partial charge in [-0.2, -0.15) is 0 Å². The molecule has 0 heterocycles. The van der Waals surface area contributed by atoms with Crippen LogP contribution in [0.15, 0.2) is 18.2 Å². The number of methoxy groups -OCH3 is 1. The molecule has 4 nitrogen and oxygen atoms in total. The van der Waals surface area contributed by atoms with E-state index in [1.165, 1.54) is 0 Å². The maximum absolute atomic E-state index is 11.7. The van der Waals surface area contributed by atoms with E-state index in [0.717, 1.165) is 5.69 Å². The summed E-state index contributed by atoms with van der Waals surface area (Å²) in [6, 6.07) is 5.45. The van der Waals surface area contributed by atoms with Crippen molar-refractivity contribution in [3.05, 3.63) is 23.8 Å². The van der Waals surface area contributed by atoms with Crippen molar-refractivity contribution in [1.29, 1.82) is 0 Å². The van der Waals surface area contributed by atoms with E-state index in [1.807, 2.05) is 27.0 Å². The summed E-state index contributed by atoms with van der Waals surface area (Å²) in [5.74, 6) is 0.579. The number of rotatable bonds is 4. The van der Waals surface area contributed by atoms with Gasteiger partial charge in [0.1, 0.15) is 5.75 Å². The number of anilines is 1. The molecular weight excluding hydrogens is 204 g/mol. The largest absolute Gasteiger partial charge is 0.495 e. The van der Waals surface area contributed by atoms with Crippen LogP contribution >= 0.6 is 0 Å². The van der Waals surface area contributed by atoms with E-state index in [0.29, 0.717) is 11.3 Å². The van der Waals surface area contributed by atoms with Crippen molar-refractivity contribution >= 4 is 11.6 Å². The van der Waals surface area contributed by atoms with Crippen LogP contribution in [0.3, 0.4) is 0 Å². The Balaban J connectivity index is 2.94. The Morgan fingerprint density at radius 2 is 2.06 bits per heavy atom. The number of hydrogen-bond donors (Lipinski definition) is 2. The molecule has 0 spiro atoms. The van der Waals surface area contributed by atoms with E-state index >= 15 is 0 Å². The molecule has 4 heteroatoms. The zero-order valence-corrected chi connectivity index (χ0v) is 10.1. The molecule has 0 atom stereocenters. The molecule has 0 aromatic heterocycles. The van der Waals surface area contributed by atoms with E-state index in [2.05, 4.69) is 10.6 Å². The van der Waals surface area contributed by atoms with Gasteiger partial charge in [-0.25, -0.2) is 0 Å². The Kier molecular flexibility index (Phi) is 4.17. The quantitative estimate of drug-likeness (QED) is 0.817. The molecule has 88 valence electrons. The van der Waals surface area contributed by atoms with Crippen LogP contribution in [0.25, 0.3) is 0 Å². The van der Waals surface area contributed by atoms with Gasteiger partial charge in [-0.3, -0.25) is 4.79 Å². The van der Waals surface area contributed by atoms with Crippen LogP contribution < -0.4 is 15.4 Å². The van der Waals surface area contributed by atoms with Gasteiger partial charge < -0.3 is 15.4 Å². The lowest BCUT2D eigenvalue weighted by molar-refractivity contribution is 0.0943. The summed E-state index contributed by atoms with van der Waals surface area (Å²) in [5, 5.41) is 5.83. The summed E-state index contributed by atoms with van der Waals surface area (Å²) in [7, 11) is 3.39. The molecule has 2 N–H and O–H groups in total. The van der Waals surface area contributed by atoms with Crippen LogP contribution in [0.1, 0.15) is 24.2 Å². The van der Waals surface area contributed by atoms with Gasteiger partial charge in [0.05, 0.1) is 12.8 Å². The van der Waals surface area contributed by atoms with E-state index < -0.39 is 0 Å². The molecule has 0 saturated carbocycles. The van der Waals surface area contributed by atoms with Gasteiger partial charge in [-0.1, -0.05) is 0 Å². The smallest absolute Gasteiger partial charge is 0.251 e. The fourth-order valence-corrected chi connectivity index (χ4v) is 1.38. The molecule has 16 heavy (non-hydrogen) atoms. The summed E-state index contributed by atoms with van der Waals surface area (Å²) in [5.41, 5.74) is 1.47. The maximum Gasteiger partial charge on any atom is 0.251 e. The highest BCUT2D eigenvalue weighted by atomic mass is 16.5. The number of ether oxygens (including phenoxy) is 1. The van der Waals surface area contributed by atoms with Crippen molar-refractivity contribution in [3.63, 3.8) is 0 Å². The lowest BCUT2D eigenvalue weighted by atomic mass is 10.1. The van der Waals surface area contributed by atoms with Crippen LogP contribution in [0.2, 0.25) is 0 Å². The molecule has 0 unspecified atom stereocenters. The predicted molar refractivity (Wildman–Crippen MR) is 65.1 cm³/mol. The number of amides is 1. The fraction of sp³-hybridized carbons (Fsp3) is 0.417. The number of hydrogen-bond acceptors (Lipinski definition) is 3. The highest BCUT2D eigenvalue weighted by Gasteiger charge is 2.10. The summed E-state index contributed by atoms with van der Waals surface area (Å²) in [6.07, 6.45) is 0. The molecule has 1 aromatic carbocycles. The Morgan fingerprint density at radius 1 is 1.38 bits per heavy atom.